The van der Waals surface area contributed by atoms with Crippen LogP contribution in [0.15, 0.2) is 54.7 Å². The van der Waals surface area contributed by atoms with Gasteiger partial charge in [-0.25, -0.2) is 4.98 Å². The molecule has 0 bridgehead atoms. The number of fused-ring (bicyclic) bond motifs is 1. The maximum Gasteiger partial charge on any atom is 0.246 e. The molecule has 3 amide bonds. The van der Waals surface area contributed by atoms with Crippen LogP contribution in [0, 0.1) is 0 Å². The Morgan fingerprint density at radius 3 is 2.69 bits per heavy atom. The Labute approximate surface area is 187 Å². The second-order valence-electron chi connectivity index (χ2n) is 7.99. The maximum absolute atomic E-state index is 12.8. The molecule has 7 heteroatoms. The fraction of sp³-hybridized carbons (Fsp3) is 0.280. The van der Waals surface area contributed by atoms with Crippen LogP contribution in [0.25, 0.3) is 11.6 Å². The summed E-state index contributed by atoms with van der Waals surface area (Å²) in [6.45, 7) is 3.09. The third-order valence-corrected chi connectivity index (χ3v) is 5.70. The van der Waals surface area contributed by atoms with Crippen molar-refractivity contribution < 1.29 is 14.4 Å². The van der Waals surface area contributed by atoms with Gasteiger partial charge in [0.25, 0.3) is 0 Å². The van der Waals surface area contributed by atoms with Crippen LogP contribution in [-0.2, 0) is 20.9 Å². The monoisotopic (exact) mass is 430 g/mol. The SMILES string of the molecule is CC(=O)N1CC(=O)Nc2ncc(/C=C/C(=O)N3CCC=C(c4ccccc4)CC3)cc2C1. The van der Waals surface area contributed by atoms with E-state index in [-0.39, 0.29) is 24.3 Å². The zero-order chi connectivity index (χ0) is 22.5. The van der Waals surface area contributed by atoms with Crippen LogP contribution in [0.2, 0.25) is 0 Å². The molecule has 0 unspecified atom stereocenters. The molecule has 0 radical (unpaired) electrons. The van der Waals surface area contributed by atoms with Crippen LogP contribution in [-0.4, -0.2) is 52.1 Å². The van der Waals surface area contributed by atoms with Crippen LogP contribution in [0.3, 0.4) is 0 Å². The number of anilines is 1. The molecule has 1 aromatic carbocycles. The van der Waals surface area contributed by atoms with Gasteiger partial charge >= 0.3 is 0 Å². The third-order valence-electron chi connectivity index (χ3n) is 5.70. The van der Waals surface area contributed by atoms with Crippen molar-refractivity contribution in [3.05, 3.63) is 71.4 Å². The Bertz CT molecular complexity index is 1090. The zero-order valence-electron chi connectivity index (χ0n) is 18.1. The van der Waals surface area contributed by atoms with E-state index in [1.54, 1.807) is 18.3 Å². The summed E-state index contributed by atoms with van der Waals surface area (Å²) in [6, 6.07) is 12.1. The Morgan fingerprint density at radius 2 is 1.91 bits per heavy atom. The number of amides is 3. The first-order valence-corrected chi connectivity index (χ1v) is 10.8. The Balaban J connectivity index is 1.42. The molecule has 3 heterocycles. The van der Waals surface area contributed by atoms with E-state index in [0.29, 0.717) is 25.5 Å². The highest BCUT2D eigenvalue weighted by Crippen LogP contribution is 2.23. The first-order valence-electron chi connectivity index (χ1n) is 10.8. The number of hydrogen-bond acceptors (Lipinski definition) is 4. The lowest BCUT2D eigenvalue weighted by atomic mass is 10.0. The molecule has 0 atom stereocenters. The van der Waals surface area contributed by atoms with E-state index in [0.717, 1.165) is 24.0 Å². The second kappa shape index (κ2) is 9.60. The molecule has 1 N–H and O–H groups in total. The van der Waals surface area contributed by atoms with Gasteiger partial charge in [0.15, 0.2) is 0 Å². The van der Waals surface area contributed by atoms with Crippen LogP contribution in [0.1, 0.15) is 36.5 Å². The van der Waals surface area contributed by atoms with Gasteiger partial charge in [-0.3, -0.25) is 14.4 Å². The molecule has 1 aromatic heterocycles. The van der Waals surface area contributed by atoms with Crippen molar-refractivity contribution in [3.63, 3.8) is 0 Å². The van der Waals surface area contributed by atoms with Gasteiger partial charge < -0.3 is 15.1 Å². The number of benzene rings is 1. The Hall–Kier alpha value is -3.74. The van der Waals surface area contributed by atoms with Crippen LogP contribution < -0.4 is 5.32 Å². The average molecular weight is 431 g/mol. The van der Waals surface area contributed by atoms with Gasteiger partial charge in [-0.2, -0.15) is 0 Å². The van der Waals surface area contributed by atoms with Crippen molar-refractivity contribution in [2.75, 3.05) is 25.0 Å². The molecule has 2 aromatic rings. The van der Waals surface area contributed by atoms with E-state index in [1.165, 1.54) is 23.0 Å². The van der Waals surface area contributed by atoms with Gasteiger partial charge in [-0.1, -0.05) is 36.4 Å². The molecule has 0 fully saturated rings. The van der Waals surface area contributed by atoms with Crippen molar-refractivity contribution in [3.8, 4) is 0 Å². The summed E-state index contributed by atoms with van der Waals surface area (Å²) in [4.78, 5) is 44.2. The number of pyridine rings is 1. The topological polar surface area (TPSA) is 82.6 Å². The van der Waals surface area contributed by atoms with Crippen LogP contribution in [0.5, 0.6) is 0 Å². The highest BCUT2D eigenvalue weighted by Gasteiger charge is 2.22. The summed E-state index contributed by atoms with van der Waals surface area (Å²) in [6.07, 6.45) is 8.78. The van der Waals surface area contributed by atoms with Crippen LogP contribution in [0.4, 0.5) is 5.82 Å². The standard InChI is InChI=1S/C25H26N4O3/c1-18(30)29-16-22-14-19(15-26-25(22)27-23(31)17-29)9-10-24(32)28-12-5-8-21(11-13-28)20-6-3-2-4-7-20/h2-4,6-10,14-15H,5,11-13,16-17H2,1H3,(H,26,27,31)/b10-9+. The first-order chi connectivity index (χ1) is 15.5. The quantitative estimate of drug-likeness (QED) is 0.759. The first kappa shape index (κ1) is 21.5. The van der Waals surface area contributed by atoms with E-state index < -0.39 is 0 Å². The molecule has 0 spiro atoms. The molecule has 7 nitrogen and oxygen atoms in total. The third kappa shape index (κ3) is 5.11. The zero-order valence-corrected chi connectivity index (χ0v) is 18.1. The highest BCUT2D eigenvalue weighted by molar-refractivity contribution is 5.95. The summed E-state index contributed by atoms with van der Waals surface area (Å²) < 4.78 is 0. The number of nitrogens with zero attached hydrogens (tertiary/aromatic N) is 3. The van der Waals surface area contributed by atoms with Gasteiger partial charge in [-0.05, 0) is 41.7 Å². The lowest BCUT2D eigenvalue weighted by molar-refractivity contribution is -0.133. The summed E-state index contributed by atoms with van der Waals surface area (Å²) in [7, 11) is 0. The molecular formula is C25H26N4O3. The second-order valence-corrected chi connectivity index (χ2v) is 7.99. The molecule has 2 aliphatic rings. The summed E-state index contributed by atoms with van der Waals surface area (Å²) in [5.74, 6) is -0.0288. The van der Waals surface area contributed by atoms with Gasteiger partial charge in [0.1, 0.15) is 12.4 Å². The molecule has 164 valence electrons. The molecule has 2 aliphatic heterocycles. The van der Waals surface area contributed by atoms with Gasteiger partial charge in [-0.15, -0.1) is 0 Å². The molecule has 4 rings (SSSR count). The maximum atomic E-state index is 12.8. The molecule has 32 heavy (non-hydrogen) atoms. The van der Waals surface area contributed by atoms with Gasteiger partial charge in [0.05, 0.1) is 0 Å². The lowest BCUT2D eigenvalue weighted by Gasteiger charge is -2.19. The van der Waals surface area contributed by atoms with Crippen molar-refractivity contribution in [2.45, 2.75) is 26.3 Å². The fourth-order valence-corrected chi connectivity index (χ4v) is 3.95. The molecule has 0 saturated carbocycles. The summed E-state index contributed by atoms with van der Waals surface area (Å²) in [5, 5.41) is 2.73. The summed E-state index contributed by atoms with van der Waals surface area (Å²) >= 11 is 0. The predicted octanol–water partition coefficient (Wildman–Crippen LogP) is 3.10. The minimum atomic E-state index is -0.269. The molecule has 0 saturated heterocycles. The lowest BCUT2D eigenvalue weighted by Crippen LogP contribution is -2.33. The number of aromatic nitrogens is 1. The number of carbonyl (C=O) groups is 3. The number of nitrogens with one attached hydrogen (secondary N) is 1. The Kier molecular flexibility index (Phi) is 6.44. The summed E-state index contributed by atoms with van der Waals surface area (Å²) in [5.41, 5.74) is 3.97. The van der Waals surface area contributed by atoms with Crippen molar-refractivity contribution in [1.82, 2.24) is 14.8 Å². The Morgan fingerprint density at radius 1 is 1.09 bits per heavy atom. The highest BCUT2D eigenvalue weighted by atomic mass is 16.2. The largest absolute Gasteiger partial charge is 0.339 e. The molecule has 0 aliphatic carbocycles. The number of carbonyl (C=O) groups excluding carboxylic acids is 3. The van der Waals surface area contributed by atoms with Crippen LogP contribution >= 0.6 is 0 Å². The van der Waals surface area contributed by atoms with E-state index in [1.807, 2.05) is 29.2 Å². The average Bonchev–Trinajstić information content (AvgIpc) is 3.14. The number of hydrogen-bond donors (Lipinski definition) is 1. The molecular weight excluding hydrogens is 404 g/mol. The van der Waals surface area contributed by atoms with Crippen molar-refractivity contribution in [2.24, 2.45) is 0 Å². The number of rotatable bonds is 3. The van der Waals surface area contributed by atoms with E-state index in [4.69, 9.17) is 0 Å². The van der Waals surface area contributed by atoms with Crippen molar-refractivity contribution >= 4 is 35.2 Å². The van der Waals surface area contributed by atoms with Crippen molar-refractivity contribution in [1.29, 1.82) is 0 Å². The smallest absolute Gasteiger partial charge is 0.246 e. The fourth-order valence-electron chi connectivity index (χ4n) is 3.95. The van der Waals surface area contributed by atoms with E-state index in [9.17, 15) is 14.4 Å². The van der Waals surface area contributed by atoms with E-state index in [2.05, 4.69) is 28.5 Å². The normalized spacial score (nSPS) is 16.7. The van der Waals surface area contributed by atoms with Gasteiger partial charge in [0.2, 0.25) is 17.7 Å². The predicted molar refractivity (Wildman–Crippen MR) is 123 cm³/mol. The van der Waals surface area contributed by atoms with E-state index >= 15 is 0 Å². The minimum absolute atomic E-state index is 0.00329. The minimum Gasteiger partial charge on any atom is -0.339 e. The van der Waals surface area contributed by atoms with Gasteiger partial charge in [0, 0.05) is 44.4 Å².